The molecular formula is C32H59NO5S. The summed E-state index contributed by atoms with van der Waals surface area (Å²) in [5, 5.41) is 13.1. The predicted octanol–water partition coefficient (Wildman–Crippen LogP) is 8.23. The molecule has 0 saturated carbocycles. The summed E-state index contributed by atoms with van der Waals surface area (Å²) in [5.41, 5.74) is 0. The van der Waals surface area contributed by atoms with Crippen LogP contribution < -0.4 is 5.32 Å². The Kier molecular flexibility index (Phi) is 25.8. The minimum atomic E-state index is -4.34. The number of carbonyl (C=O) groups excluding carboxylic acids is 1. The first-order valence-corrected chi connectivity index (χ1v) is 17.3. The molecule has 0 bridgehead atoms. The van der Waals surface area contributed by atoms with Gasteiger partial charge in [-0.15, -0.1) is 0 Å². The van der Waals surface area contributed by atoms with Crippen molar-refractivity contribution in [2.75, 3.05) is 5.75 Å². The van der Waals surface area contributed by atoms with Gasteiger partial charge in [-0.3, -0.25) is 9.35 Å². The Hall–Kier alpha value is -1.44. The summed E-state index contributed by atoms with van der Waals surface area (Å²) >= 11 is 0. The van der Waals surface area contributed by atoms with Gasteiger partial charge in [-0.05, 0) is 44.9 Å². The van der Waals surface area contributed by atoms with Gasteiger partial charge in [-0.1, -0.05) is 127 Å². The zero-order chi connectivity index (χ0) is 29.0. The molecule has 39 heavy (non-hydrogen) atoms. The average Bonchev–Trinajstić information content (AvgIpc) is 2.88. The van der Waals surface area contributed by atoms with Crippen LogP contribution in [-0.2, 0) is 14.9 Å². The molecule has 0 aliphatic heterocycles. The van der Waals surface area contributed by atoms with Crippen molar-refractivity contribution in [2.24, 2.45) is 0 Å². The molecule has 0 radical (unpaired) electrons. The van der Waals surface area contributed by atoms with Crippen molar-refractivity contribution >= 4 is 16.0 Å². The fourth-order valence-corrected chi connectivity index (χ4v) is 5.15. The van der Waals surface area contributed by atoms with Gasteiger partial charge in [0.15, 0.2) is 0 Å². The van der Waals surface area contributed by atoms with Gasteiger partial charge >= 0.3 is 0 Å². The highest BCUT2D eigenvalue weighted by molar-refractivity contribution is 7.85. The van der Waals surface area contributed by atoms with Gasteiger partial charge < -0.3 is 10.4 Å². The number of nitrogens with one attached hydrogen (secondary N) is 1. The summed E-state index contributed by atoms with van der Waals surface area (Å²) in [7, 11) is -4.34. The van der Waals surface area contributed by atoms with E-state index in [-0.39, 0.29) is 12.3 Å². The number of hydrogen-bond donors (Lipinski definition) is 3. The lowest BCUT2D eigenvalue weighted by Gasteiger charge is -2.21. The summed E-state index contributed by atoms with van der Waals surface area (Å²) in [4.78, 5) is 12.4. The monoisotopic (exact) mass is 569 g/mol. The topological polar surface area (TPSA) is 104 Å². The van der Waals surface area contributed by atoms with E-state index in [1.807, 2.05) is 0 Å². The van der Waals surface area contributed by atoms with Crippen LogP contribution in [0.5, 0.6) is 0 Å². The predicted molar refractivity (Wildman–Crippen MR) is 165 cm³/mol. The van der Waals surface area contributed by atoms with E-state index in [9.17, 15) is 22.9 Å². The maximum atomic E-state index is 12.4. The number of aliphatic hydroxyl groups excluding tert-OH is 1. The van der Waals surface area contributed by atoms with Crippen molar-refractivity contribution in [3.63, 3.8) is 0 Å². The van der Waals surface area contributed by atoms with E-state index in [2.05, 4.69) is 43.5 Å². The van der Waals surface area contributed by atoms with Crippen molar-refractivity contribution in [3.05, 3.63) is 36.5 Å². The molecule has 2 atom stereocenters. The fourth-order valence-electron chi connectivity index (χ4n) is 4.42. The Labute approximate surface area is 240 Å². The van der Waals surface area contributed by atoms with Crippen molar-refractivity contribution in [2.45, 2.75) is 154 Å². The molecule has 0 aromatic carbocycles. The van der Waals surface area contributed by atoms with Gasteiger partial charge in [0.25, 0.3) is 10.1 Å². The molecule has 0 aliphatic rings. The van der Waals surface area contributed by atoms with Crippen LogP contribution in [-0.4, -0.2) is 41.9 Å². The van der Waals surface area contributed by atoms with E-state index in [0.29, 0.717) is 6.42 Å². The van der Waals surface area contributed by atoms with Crippen LogP contribution in [0.15, 0.2) is 36.5 Å². The third-order valence-corrected chi connectivity index (χ3v) is 7.58. The highest BCUT2D eigenvalue weighted by Gasteiger charge is 2.24. The zero-order valence-corrected chi connectivity index (χ0v) is 25.8. The molecule has 0 spiro atoms. The number of rotatable bonds is 27. The molecule has 0 heterocycles. The van der Waals surface area contributed by atoms with Crippen LogP contribution in [0.2, 0.25) is 0 Å². The second-order valence-corrected chi connectivity index (χ2v) is 12.2. The largest absolute Gasteiger partial charge is 0.387 e. The minimum Gasteiger partial charge on any atom is -0.387 e. The number of unbranched alkanes of at least 4 members (excludes halogenated alkanes) is 15. The molecule has 7 heteroatoms. The highest BCUT2D eigenvalue weighted by Crippen LogP contribution is 2.12. The number of aliphatic hydroxyl groups is 1. The van der Waals surface area contributed by atoms with Gasteiger partial charge in [0.1, 0.15) is 0 Å². The fraction of sp³-hybridized carbons (Fsp3) is 0.781. The highest BCUT2D eigenvalue weighted by atomic mass is 32.2. The number of carbonyl (C=O) groups is 1. The second-order valence-electron chi connectivity index (χ2n) is 10.7. The third-order valence-electron chi connectivity index (χ3n) is 6.80. The lowest BCUT2D eigenvalue weighted by atomic mass is 10.0. The van der Waals surface area contributed by atoms with Gasteiger partial charge in [0.05, 0.1) is 17.9 Å². The van der Waals surface area contributed by atoms with Crippen LogP contribution in [0.1, 0.15) is 142 Å². The maximum Gasteiger partial charge on any atom is 0.267 e. The quantitative estimate of drug-likeness (QED) is 0.0525. The van der Waals surface area contributed by atoms with Crippen LogP contribution in [0.3, 0.4) is 0 Å². The molecular weight excluding hydrogens is 510 g/mol. The standard InChI is InChI=1S/C32H59NO5S/c1-3-5-7-9-11-13-15-16-18-19-21-23-25-27-31(34)30(29-39(36,37)38)33-32(35)28-26-24-22-20-17-14-12-10-8-6-4-2/h11,13,18-19,25,27,30-31,34H,3-10,12,14-17,20-24,26,28-29H2,1-2H3,(H,33,35)(H,36,37,38)/b13-11+,19-18+,27-25+. The van der Waals surface area contributed by atoms with Crippen molar-refractivity contribution in [1.29, 1.82) is 0 Å². The molecule has 0 aromatic rings. The SMILES string of the molecule is CCCCC/C=C/CC/C=C/CC/C=C/C(O)C(CS(=O)(=O)O)NC(=O)CCCCCCCCCCCCC. The average molecular weight is 570 g/mol. The van der Waals surface area contributed by atoms with Crippen LogP contribution >= 0.6 is 0 Å². The van der Waals surface area contributed by atoms with Crippen molar-refractivity contribution in [3.8, 4) is 0 Å². The molecule has 0 rings (SSSR count). The minimum absolute atomic E-state index is 0.286. The molecule has 2 unspecified atom stereocenters. The molecule has 0 aliphatic carbocycles. The van der Waals surface area contributed by atoms with Gasteiger partial charge in [0, 0.05) is 6.42 Å². The normalized spacial score (nSPS) is 14.1. The van der Waals surface area contributed by atoms with E-state index in [4.69, 9.17) is 0 Å². The maximum absolute atomic E-state index is 12.4. The Bertz CT molecular complexity index is 761. The van der Waals surface area contributed by atoms with Crippen LogP contribution in [0.4, 0.5) is 0 Å². The van der Waals surface area contributed by atoms with Gasteiger partial charge in [0.2, 0.25) is 5.91 Å². The molecule has 6 nitrogen and oxygen atoms in total. The van der Waals surface area contributed by atoms with Gasteiger partial charge in [-0.25, -0.2) is 0 Å². The summed E-state index contributed by atoms with van der Waals surface area (Å²) < 4.78 is 32.1. The summed E-state index contributed by atoms with van der Waals surface area (Å²) in [5.74, 6) is -1.01. The van der Waals surface area contributed by atoms with E-state index in [1.54, 1.807) is 6.08 Å². The summed E-state index contributed by atoms with van der Waals surface area (Å²) in [6, 6.07) is -1.07. The summed E-state index contributed by atoms with van der Waals surface area (Å²) in [6.07, 6.45) is 32.7. The third kappa shape index (κ3) is 27.9. The molecule has 228 valence electrons. The molecule has 0 saturated heterocycles. The zero-order valence-electron chi connectivity index (χ0n) is 25.0. The molecule has 0 aromatic heterocycles. The molecule has 3 N–H and O–H groups in total. The second kappa shape index (κ2) is 26.8. The first-order valence-electron chi connectivity index (χ1n) is 15.7. The smallest absolute Gasteiger partial charge is 0.267 e. The van der Waals surface area contributed by atoms with Crippen LogP contribution in [0.25, 0.3) is 0 Å². The first kappa shape index (κ1) is 37.6. The Morgan fingerprint density at radius 2 is 1.10 bits per heavy atom. The Morgan fingerprint density at radius 1 is 0.667 bits per heavy atom. The number of amides is 1. The van der Waals surface area contributed by atoms with Gasteiger partial charge in [-0.2, -0.15) is 8.42 Å². The van der Waals surface area contributed by atoms with E-state index < -0.39 is 28.0 Å². The van der Waals surface area contributed by atoms with E-state index in [0.717, 1.165) is 44.9 Å². The Morgan fingerprint density at radius 3 is 1.62 bits per heavy atom. The Balaban J connectivity index is 4.18. The number of hydrogen-bond acceptors (Lipinski definition) is 4. The van der Waals surface area contributed by atoms with Crippen LogP contribution in [0, 0.1) is 0 Å². The van der Waals surface area contributed by atoms with E-state index in [1.165, 1.54) is 76.7 Å². The number of allylic oxidation sites excluding steroid dienone is 5. The van der Waals surface area contributed by atoms with E-state index >= 15 is 0 Å². The first-order chi connectivity index (χ1) is 18.8. The van der Waals surface area contributed by atoms with Crippen molar-refractivity contribution < 1.29 is 22.9 Å². The summed E-state index contributed by atoms with van der Waals surface area (Å²) in [6.45, 7) is 4.44. The lowest BCUT2D eigenvalue weighted by molar-refractivity contribution is -0.122. The lowest BCUT2D eigenvalue weighted by Crippen LogP contribution is -2.46. The molecule has 1 amide bonds. The van der Waals surface area contributed by atoms with Crippen molar-refractivity contribution in [1.82, 2.24) is 5.32 Å². The molecule has 0 fully saturated rings.